The minimum absolute atomic E-state index is 0.919. The molecule has 0 unspecified atom stereocenters. The predicted octanol–water partition coefficient (Wildman–Crippen LogP) is 3.93. The molecule has 0 radical (unpaired) electrons. The van der Waals surface area contributed by atoms with Gasteiger partial charge in [-0.15, -0.1) is 0 Å². The largest absolute Gasteiger partial charge is 0.255 e. The van der Waals surface area contributed by atoms with Crippen LogP contribution in [-0.4, -0.2) is 9.97 Å². The van der Waals surface area contributed by atoms with Crippen LogP contribution in [-0.2, 0) is 12.8 Å². The maximum atomic E-state index is 4.50. The Morgan fingerprint density at radius 2 is 1.35 bits per heavy atom. The molecule has 0 atom stereocenters. The van der Waals surface area contributed by atoms with Crippen LogP contribution in [0.15, 0.2) is 73.1 Å². The van der Waals surface area contributed by atoms with Gasteiger partial charge in [-0.3, -0.25) is 9.97 Å². The van der Waals surface area contributed by atoms with Gasteiger partial charge in [-0.2, -0.15) is 0 Å². The van der Waals surface area contributed by atoms with Crippen molar-refractivity contribution in [2.75, 3.05) is 0 Å². The summed E-state index contributed by atoms with van der Waals surface area (Å²) < 4.78 is 0. The molecular formula is C18H16N2. The number of hydrogen-bond acceptors (Lipinski definition) is 2. The first-order valence-electron chi connectivity index (χ1n) is 6.82. The van der Waals surface area contributed by atoms with E-state index in [2.05, 4.69) is 40.3 Å². The minimum Gasteiger partial charge on any atom is -0.255 e. The molecule has 0 spiro atoms. The second-order valence-electron chi connectivity index (χ2n) is 4.75. The number of benzene rings is 1. The fourth-order valence-corrected chi connectivity index (χ4v) is 2.17. The van der Waals surface area contributed by atoms with Crippen molar-refractivity contribution >= 4 is 0 Å². The summed E-state index contributed by atoms with van der Waals surface area (Å²) in [6.45, 7) is 0. The molecule has 98 valence electrons. The van der Waals surface area contributed by atoms with Crippen molar-refractivity contribution < 1.29 is 0 Å². The molecule has 2 aromatic heterocycles. The number of aromatic nitrogens is 2. The summed E-state index contributed by atoms with van der Waals surface area (Å²) in [5, 5.41) is 0. The number of aryl methyl sites for hydroxylation is 2. The van der Waals surface area contributed by atoms with Crippen LogP contribution < -0.4 is 0 Å². The highest BCUT2D eigenvalue weighted by Crippen LogP contribution is 2.14. The van der Waals surface area contributed by atoms with Gasteiger partial charge in [-0.25, -0.2) is 0 Å². The van der Waals surface area contributed by atoms with Gasteiger partial charge in [0.25, 0.3) is 0 Å². The van der Waals surface area contributed by atoms with E-state index < -0.39 is 0 Å². The maximum Gasteiger partial charge on any atom is 0.0886 e. The van der Waals surface area contributed by atoms with Crippen LogP contribution >= 0.6 is 0 Å². The van der Waals surface area contributed by atoms with Gasteiger partial charge >= 0.3 is 0 Å². The van der Waals surface area contributed by atoms with E-state index in [1.54, 1.807) is 6.20 Å². The van der Waals surface area contributed by atoms with Gasteiger partial charge in [0.1, 0.15) is 0 Å². The van der Waals surface area contributed by atoms with E-state index in [-0.39, 0.29) is 0 Å². The highest BCUT2D eigenvalue weighted by Gasteiger charge is 2.00. The van der Waals surface area contributed by atoms with Crippen molar-refractivity contribution in [2.24, 2.45) is 0 Å². The smallest absolute Gasteiger partial charge is 0.0886 e. The molecule has 0 aliphatic rings. The second kappa shape index (κ2) is 6.11. The molecule has 3 aromatic rings. The summed E-state index contributed by atoms with van der Waals surface area (Å²) in [4.78, 5) is 8.81. The molecule has 1 aromatic carbocycles. The highest BCUT2D eigenvalue weighted by atomic mass is 14.8. The quantitative estimate of drug-likeness (QED) is 0.710. The Bertz CT molecular complexity index is 646. The summed E-state index contributed by atoms with van der Waals surface area (Å²) in [6, 6.07) is 20.6. The zero-order chi connectivity index (χ0) is 13.6. The Morgan fingerprint density at radius 3 is 2.05 bits per heavy atom. The lowest BCUT2D eigenvalue weighted by molar-refractivity contribution is 0.950. The van der Waals surface area contributed by atoms with E-state index in [1.807, 2.05) is 36.5 Å². The van der Waals surface area contributed by atoms with Crippen molar-refractivity contribution in [3.63, 3.8) is 0 Å². The molecule has 0 N–H and O–H groups in total. The molecule has 20 heavy (non-hydrogen) atoms. The third-order valence-corrected chi connectivity index (χ3v) is 3.30. The molecule has 0 fully saturated rings. The van der Waals surface area contributed by atoms with Gasteiger partial charge < -0.3 is 0 Å². The lowest BCUT2D eigenvalue weighted by atomic mass is 10.1. The molecule has 2 heterocycles. The Balaban J connectivity index is 1.68. The van der Waals surface area contributed by atoms with Crippen LogP contribution in [0.25, 0.3) is 11.4 Å². The van der Waals surface area contributed by atoms with Gasteiger partial charge in [0, 0.05) is 12.4 Å². The van der Waals surface area contributed by atoms with Crippen molar-refractivity contribution in [3.8, 4) is 11.4 Å². The van der Waals surface area contributed by atoms with Gasteiger partial charge in [-0.1, -0.05) is 42.5 Å². The van der Waals surface area contributed by atoms with E-state index in [9.17, 15) is 0 Å². The fraction of sp³-hybridized carbons (Fsp3) is 0.111. The Morgan fingerprint density at radius 1 is 0.600 bits per heavy atom. The minimum atomic E-state index is 0.919. The van der Waals surface area contributed by atoms with Crippen molar-refractivity contribution in [1.29, 1.82) is 0 Å². The predicted molar refractivity (Wildman–Crippen MR) is 81.3 cm³/mol. The normalized spacial score (nSPS) is 10.4. The number of hydrogen-bond donors (Lipinski definition) is 0. The Kier molecular flexibility index (Phi) is 3.83. The van der Waals surface area contributed by atoms with Crippen LogP contribution in [0, 0.1) is 0 Å². The topological polar surface area (TPSA) is 25.8 Å². The molecule has 2 nitrogen and oxygen atoms in total. The fourth-order valence-electron chi connectivity index (χ4n) is 2.17. The lowest BCUT2D eigenvalue weighted by Gasteiger charge is -2.03. The van der Waals surface area contributed by atoms with Crippen LogP contribution in [0.4, 0.5) is 0 Å². The van der Waals surface area contributed by atoms with E-state index in [4.69, 9.17) is 0 Å². The average molecular weight is 260 g/mol. The number of pyridine rings is 2. The van der Waals surface area contributed by atoms with Crippen molar-refractivity contribution in [3.05, 3.63) is 84.2 Å². The van der Waals surface area contributed by atoms with Gasteiger partial charge in [0.15, 0.2) is 0 Å². The number of nitrogens with zero attached hydrogens (tertiary/aromatic N) is 2. The lowest BCUT2D eigenvalue weighted by Crippen LogP contribution is -1.93. The van der Waals surface area contributed by atoms with Crippen LogP contribution in [0.2, 0.25) is 0 Å². The molecule has 0 bridgehead atoms. The Hall–Kier alpha value is -2.48. The SMILES string of the molecule is c1ccc(CCc2ccc(-c3ccccn3)nc2)cc1. The maximum absolute atomic E-state index is 4.50. The second-order valence-corrected chi connectivity index (χ2v) is 4.75. The van der Waals surface area contributed by atoms with Crippen molar-refractivity contribution in [1.82, 2.24) is 9.97 Å². The molecule has 0 aliphatic carbocycles. The van der Waals surface area contributed by atoms with Crippen LogP contribution in [0.3, 0.4) is 0 Å². The summed E-state index contributed by atoms with van der Waals surface area (Å²) in [7, 11) is 0. The molecule has 0 saturated carbocycles. The third-order valence-electron chi connectivity index (χ3n) is 3.30. The summed E-state index contributed by atoms with van der Waals surface area (Å²) in [6.07, 6.45) is 5.80. The molecule has 0 amide bonds. The molecule has 3 rings (SSSR count). The molecule has 0 saturated heterocycles. The summed E-state index contributed by atoms with van der Waals surface area (Å²) >= 11 is 0. The summed E-state index contributed by atoms with van der Waals surface area (Å²) in [5.74, 6) is 0. The Labute approximate surface area is 119 Å². The summed E-state index contributed by atoms with van der Waals surface area (Å²) in [5.41, 5.74) is 4.46. The molecule has 0 aliphatic heterocycles. The highest BCUT2D eigenvalue weighted by molar-refractivity contribution is 5.53. The van der Waals surface area contributed by atoms with E-state index in [1.165, 1.54) is 11.1 Å². The van der Waals surface area contributed by atoms with E-state index >= 15 is 0 Å². The van der Waals surface area contributed by atoms with E-state index in [0.29, 0.717) is 0 Å². The first-order valence-corrected chi connectivity index (χ1v) is 6.82. The first-order chi connectivity index (χ1) is 9.92. The zero-order valence-electron chi connectivity index (χ0n) is 11.2. The average Bonchev–Trinajstić information content (AvgIpc) is 2.55. The third kappa shape index (κ3) is 3.09. The van der Waals surface area contributed by atoms with E-state index in [0.717, 1.165) is 24.2 Å². The van der Waals surface area contributed by atoms with Gasteiger partial charge in [-0.05, 0) is 42.2 Å². The number of rotatable bonds is 4. The molecule has 2 heteroatoms. The van der Waals surface area contributed by atoms with Crippen LogP contribution in [0.1, 0.15) is 11.1 Å². The molecular weight excluding hydrogens is 244 g/mol. The van der Waals surface area contributed by atoms with Gasteiger partial charge in [0.05, 0.1) is 11.4 Å². The van der Waals surface area contributed by atoms with Crippen molar-refractivity contribution in [2.45, 2.75) is 12.8 Å². The van der Waals surface area contributed by atoms with Gasteiger partial charge in [0.2, 0.25) is 0 Å². The monoisotopic (exact) mass is 260 g/mol. The standard InChI is InChI=1S/C18H16N2/c1-2-6-15(7-3-1)9-10-16-11-12-18(20-14-16)17-8-4-5-13-19-17/h1-8,11-14H,9-10H2. The first kappa shape index (κ1) is 12.5. The van der Waals surface area contributed by atoms with Crippen LogP contribution in [0.5, 0.6) is 0 Å². The zero-order valence-corrected chi connectivity index (χ0v) is 11.2.